The summed E-state index contributed by atoms with van der Waals surface area (Å²) in [6.45, 7) is 3.68. The first-order chi connectivity index (χ1) is 14.4. The van der Waals surface area contributed by atoms with E-state index in [1.807, 2.05) is 0 Å². The number of ether oxygens (including phenoxy) is 1. The highest BCUT2D eigenvalue weighted by atomic mass is 19.1. The Morgan fingerprint density at radius 3 is 2.67 bits per heavy atom. The standard InChI is InChI=1S/C22H20F2N4O2/c1-13-19(11-25-14(2)27-13)30-12-22(16-5-3-4-6-18(16)24)9-17(22)21(29)28-20-8-7-15(23)10-26-20/h3-8,10-11,17H,9,12H2,1-2H3,(H,26,28,29)/t17?,22-/m1/s1. The number of carbonyl (C=O) groups is 1. The van der Waals surface area contributed by atoms with Crippen molar-refractivity contribution in [1.82, 2.24) is 15.0 Å². The Balaban J connectivity index is 1.57. The van der Waals surface area contributed by atoms with E-state index in [0.717, 1.165) is 6.20 Å². The molecule has 1 amide bonds. The molecule has 0 bridgehead atoms. The SMILES string of the molecule is Cc1ncc(OC[C@@]2(c3ccccc3F)CC2C(=O)Nc2ccc(F)cn2)c(C)n1. The summed E-state index contributed by atoms with van der Waals surface area (Å²) in [6, 6.07) is 8.96. The Morgan fingerprint density at radius 1 is 1.17 bits per heavy atom. The molecule has 1 aromatic carbocycles. The highest BCUT2D eigenvalue weighted by Crippen LogP contribution is 2.55. The number of rotatable bonds is 6. The van der Waals surface area contributed by atoms with Gasteiger partial charge in [0.15, 0.2) is 5.75 Å². The largest absolute Gasteiger partial charge is 0.489 e. The zero-order chi connectivity index (χ0) is 21.3. The highest BCUT2D eigenvalue weighted by molar-refractivity contribution is 5.95. The highest BCUT2D eigenvalue weighted by Gasteiger charge is 2.61. The summed E-state index contributed by atoms with van der Waals surface area (Å²) < 4.78 is 33.6. The summed E-state index contributed by atoms with van der Waals surface area (Å²) >= 11 is 0. The number of benzene rings is 1. The van der Waals surface area contributed by atoms with Crippen LogP contribution in [-0.2, 0) is 10.2 Å². The first kappa shape index (κ1) is 19.9. The van der Waals surface area contributed by atoms with E-state index in [9.17, 15) is 13.6 Å². The fourth-order valence-corrected chi connectivity index (χ4v) is 3.63. The van der Waals surface area contributed by atoms with Gasteiger partial charge in [0.2, 0.25) is 5.91 Å². The molecule has 3 aromatic rings. The van der Waals surface area contributed by atoms with Crippen LogP contribution in [0.15, 0.2) is 48.8 Å². The first-order valence-corrected chi connectivity index (χ1v) is 9.49. The fourth-order valence-electron chi connectivity index (χ4n) is 3.63. The number of nitrogens with zero attached hydrogens (tertiary/aromatic N) is 3. The van der Waals surface area contributed by atoms with Crippen molar-refractivity contribution in [3.63, 3.8) is 0 Å². The lowest BCUT2D eigenvalue weighted by Crippen LogP contribution is -2.27. The molecule has 2 aromatic heterocycles. The molecular weight excluding hydrogens is 390 g/mol. The lowest BCUT2D eigenvalue weighted by molar-refractivity contribution is -0.117. The molecule has 30 heavy (non-hydrogen) atoms. The van der Waals surface area contributed by atoms with Gasteiger partial charge < -0.3 is 10.1 Å². The van der Waals surface area contributed by atoms with Crippen molar-refractivity contribution in [2.24, 2.45) is 5.92 Å². The molecule has 1 aliphatic rings. The second kappa shape index (κ2) is 7.78. The van der Waals surface area contributed by atoms with Gasteiger partial charge in [-0.05, 0) is 44.0 Å². The summed E-state index contributed by atoms with van der Waals surface area (Å²) in [4.78, 5) is 25.1. The molecule has 6 nitrogen and oxygen atoms in total. The topological polar surface area (TPSA) is 77.0 Å². The Labute approximate surface area is 172 Å². The van der Waals surface area contributed by atoms with Gasteiger partial charge in [0.05, 0.1) is 30.6 Å². The molecule has 1 N–H and O–H groups in total. The summed E-state index contributed by atoms with van der Waals surface area (Å²) in [5, 5.41) is 2.67. The zero-order valence-corrected chi connectivity index (χ0v) is 16.5. The quantitative estimate of drug-likeness (QED) is 0.670. The third kappa shape index (κ3) is 3.85. The second-order valence-corrected chi connectivity index (χ2v) is 7.40. The monoisotopic (exact) mass is 410 g/mol. The molecule has 1 fully saturated rings. The number of aromatic nitrogens is 3. The Kier molecular flexibility index (Phi) is 5.15. The van der Waals surface area contributed by atoms with Gasteiger partial charge in [-0.1, -0.05) is 18.2 Å². The van der Waals surface area contributed by atoms with E-state index in [1.54, 1.807) is 38.2 Å². The van der Waals surface area contributed by atoms with Gasteiger partial charge in [0.25, 0.3) is 0 Å². The molecule has 1 unspecified atom stereocenters. The first-order valence-electron chi connectivity index (χ1n) is 9.49. The van der Waals surface area contributed by atoms with Crippen LogP contribution in [0.5, 0.6) is 5.75 Å². The van der Waals surface area contributed by atoms with Crippen LogP contribution in [0.1, 0.15) is 23.5 Å². The van der Waals surface area contributed by atoms with E-state index in [-0.39, 0.29) is 18.3 Å². The average Bonchev–Trinajstić information content (AvgIpc) is 3.45. The number of carbonyl (C=O) groups excluding carboxylic acids is 1. The van der Waals surface area contributed by atoms with Gasteiger partial charge >= 0.3 is 0 Å². The average molecular weight is 410 g/mol. The third-order valence-corrected chi connectivity index (χ3v) is 5.32. The van der Waals surface area contributed by atoms with Crippen molar-refractivity contribution >= 4 is 11.7 Å². The number of halogens is 2. The molecule has 8 heteroatoms. The van der Waals surface area contributed by atoms with Crippen LogP contribution in [0.2, 0.25) is 0 Å². The molecule has 2 atom stereocenters. The fraction of sp³-hybridized carbons (Fsp3) is 0.273. The minimum atomic E-state index is -0.827. The van der Waals surface area contributed by atoms with Crippen molar-refractivity contribution in [1.29, 1.82) is 0 Å². The van der Waals surface area contributed by atoms with Crippen molar-refractivity contribution in [2.75, 3.05) is 11.9 Å². The molecule has 154 valence electrons. The van der Waals surface area contributed by atoms with Crippen LogP contribution >= 0.6 is 0 Å². The Bertz CT molecular complexity index is 1090. The Morgan fingerprint density at radius 2 is 1.97 bits per heavy atom. The predicted octanol–water partition coefficient (Wildman–Crippen LogP) is 3.74. The normalized spacial score (nSPS) is 19.9. The molecule has 2 heterocycles. The molecule has 4 rings (SSSR count). The van der Waals surface area contributed by atoms with Crippen molar-refractivity contribution in [3.8, 4) is 5.75 Å². The van der Waals surface area contributed by atoms with E-state index in [1.165, 1.54) is 18.2 Å². The maximum atomic E-state index is 14.6. The predicted molar refractivity (Wildman–Crippen MR) is 106 cm³/mol. The number of anilines is 1. The molecule has 0 radical (unpaired) electrons. The van der Waals surface area contributed by atoms with E-state index in [4.69, 9.17) is 4.74 Å². The third-order valence-electron chi connectivity index (χ3n) is 5.32. The van der Waals surface area contributed by atoms with E-state index in [2.05, 4.69) is 20.3 Å². The number of amides is 1. The number of hydrogen-bond acceptors (Lipinski definition) is 5. The van der Waals surface area contributed by atoms with Gasteiger partial charge in [0.1, 0.15) is 23.3 Å². The molecule has 0 spiro atoms. The second-order valence-electron chi connectivity index (χ2n) is 7.40. The molecule has 0 saturated heterocycles. The maximum absolute atomic E-state index is 14.6. The maximum Gasteiger partial charge on any atom is 0.229 e. The molecule has 1 saturated carbocycles. The van der Waals surface area contributed by atoms with Crippen LogP contribution in [0, 0.1) is 31.4 Å². The van der Waals surface area contributed by atoms with Gasteiger partial charge in [-0.3, -0.25) is 4.79 Å². The molecule has 1 aliphatic carbocycles. The van der Waals surface area contributed by atoms with E-state index < -0.39 is 23.0 Å². The lowest BCUT2D eigenvalue weighted by atomic mass is 9.93. The number of nitrogens with one attached hydrogen (secondary N) is 1. The lowest BCUT2D eigenvalue weighted by Gasteiger charge is -2.20. The van der Waals surface area contributed by atoms with E-state index >= 15 is 0 Å². The van der Waals surface area contributed by atoms with Gasteiger partial charge in [0, 0.05) is 5.41 Å². The van der Waals surface area contributed by atoms with Crippen LogP contribution in [0.3, 0.4) is 0 Å². The Hall–Kier alpha value is -3.42. The van der Waals surface area contributed by atoms with Gasteiger partial charge in [-0.15, -0.1) is 0 Å². The minimum Gasteiger partial charge on any atom is -0.489 e. The zero-order valence-electron chi connectivity index (χ0n) is 16.5. The summed E-state index contributed by atoms with van der Waals surface area (Å²) in [7, 11) is 0. The summed E-state index contributed by atoms with van der Waals surface area (Å²) in [6.07, 6.45) is 3.01. The van der Waals surface area contributed by atoms with Crippen molar-refractivity contribution in [3.05, 3.63) is 77.5 Å². The van der Waals surface area contributed by atoms with Gasteiger partial charge in [-0.2, -0.15) is 0 Å². The number of hydrogen-bond donors (Lipinski definition) is 1. The molecular formula is C22H20F2N4O2. The summed E-state index contributed by atoms with van der Waals surface area (Å²) in [5.74, 6) is -0.385. The molecule has 0 aliphatic heterocycles. The number of pyridine rings is 1. The number of aryl methyl sites for hydroxylation is 2. The smallest absolute Gasteiger partial charge is 0.229 e. The van der Waals surface area contributed by atoms with Crippen LogP contribution in [0.25, 0.3) is 0 Å². The summed E-state index contributed by atoms with van der Waals surface area (Å²) in [5.41, 5.74) is 0.263. The minimum absolute atomic E-state index is 0.0934. The van der Waals surface area contributed by atoms with Crippen LogP contribution < -0.4 is 10.1 Å². The van der Waals surface area contributed by atoms with Crippen LogP contribution in [0.4, 0.5) is 14.6 Å². The van der Waals surface area contributed by atoms with Gasteiger partial charge in [-0.25, -0.2) is 23.7 Å². The van der Waals surface area contributed by atoms with E-state index in [0.29, 0.717) is 29.3 Å². The van der Waals surface area contributed by atoms with Crippen LogP contribution in [-0.4, -0.2) is 27.5 Å². The van der Waals surface area contributed by atoms with Crippen molar-refractivity contribution < 1.29 is 18.3 Å². The van der Waals surface area contributed by atoms with Crippen molar-refractivity contribution in [2.45, 2.75) is 25.7 Å².